The lowest BCUT2D eigenvalue weighted by Gasteiger charge is -2.35. The molecule has 150 valence electrons. The van der Waals surface area contributed by atoms with Crippen molar-refractivity contribution in [3.63, 3.8) is 0 Å². The van der Waals surface area contributed by atoms with Crippen molar-refractivity contribution in [2.75, 3.05) is 13.2 Å². The maximum Gasteiger partial charge on any atom is 0.359 e. The normalized spacial score (nSPS) is 16.9. The number of rotatable bonds is 5. The molecule has 0 aromatic carbocycles. The molecule has 1 fully saturated rings. The van der Waals surface area contributed by atoms with E-state index in [-0.39, 0.29) is 29.3 Å². The predicted molar refractivity (Wildman–Crippen MR) is 106 cm³/mol. The second-order valence-corrected chi connectivity index (χ2v) is 7.47. The van der Waals surface area contributed by atoms with Crippen molar-refractivity contribution < 1.29 is 14.3 Å². The third kappa shape index (κ3) is 4.35. The molecule has 7 nitrogen and oxygen atoms in total. The number of aryl methyl sites for hydroxylation is 2. The molecule has 1 aliphatic heterocycles. The second-order valence-electron chi connectivity index (χ2n) is 7.06. The van der Waals surface area contributed by atoms with Crippen LogP contribution in [0.1, 0.15) is 54.5 Å². The smallest absolute Gasteiger partial charge is 0.359 e. The molecule has 0 radical (unpaired) electrons. The summed E-state index contributed by atoms with van der Waals surface area (Å²) in [6, 6.07) is 5.39. The largest absolute Gasteiger partial charge is 0.451 e. The van der Waals surface area contributed by atoms with Crippen LogP contribution in [0.25, 0.3) is 5.82 Å². The van der Waals surface area contributed by atoms with Crippen molar-refractivity contribution in [2.24, 2.45) is 0 Å². The quantitative estimate of drug-likeness (QED) is 0.713. The van der Waals surface area contributed by atoms with E-state index in [1.807, 2.05) is 24.8 Å². The molecular formula is C20H25ClN4O3. The molecule has 1 amide bonds. The molecule has 0 N–H and O–H groups in total. The Kier molecular flexibility index (Phi) is 6.34. The summed E-state index contributed by atoms with van der Waals surface area (Å²) in [4.78, 5) is 31.1. The number of likely N-dealkylation sites (tertiary alicyclic amines) is 1. The molecule has 3 rings (SSSR count). The first kappa shape index (κ1) is 20.3. The zero-order valence-corrected chi connectivity index (χ0v) is 17.2. The van der Waals surface area contributed by atoms with Crippen molar-refractivity contribution in [2.45, 2.75) is 52.5 Å². The van der Waals surface area contributed by atoms with Crippen LogP contribution in [-0.4, -0.2) is 50.7 Å². The van der Waals surface area contributed by atoms with E-state index in [0.717, 1.165) is 37.1 Å². The van der Waals surface area contributed by atoms with Gasteiger partial charge >= 0.3 is 5.97 Å². The molecule has 0 saturated carbocycles. The molecule has 28 heavy (non-hydrogen) atoms. The monoisotopic (exact) mass is 404 g/mol. The third-order valence-electron chi connectivity index (χ3n) is 5.00. The van der Waals surface area contributed by atoms with Gasteiger partial charge in [-0.05, 0) is 57.7 Å². The number of amides is 1. The van der Waals surface area contributed by atoms with E-state index in [9.17, 15) is 9.59 Å². The van der Waals surface area contributed by atoms with E-state index in [4.69, 9.17) is 16.3 Å². The minimum atomic E-state index is -0.716. The van der Waals surface area contributed by atoms with Crippen LogP contribution in [0, 0.1) is 13.8 Å². The van der Waals surface area contributed by atoms with E-state index < -0.39 is 5.97 Å². The molecule has 1 aliphatic rings. The van der Waals surface area contributed by atoms with Gasteiger partial charge in [-0.1, -0.05) is 18.5 Å². The first-order chi connectivity index (χ1) is 13.4. The second kappa shape index (κ2) is 8.73. The summed E-state index contributed by atoms with van der Waals surface area (Å²) in [5, 5.41) is 4.54. The summed E-state index contributed by atoms with van der Waals surface area (Å²) in [5.41, 5.74) is 1.71. The fraction of sp³-hybridized carbons (Fsp3) is 0.500. The maximum absolute atomic E-state index is 12.5. The number of ether oxygens (including phenoxy) is 1. The lowest BCUT2D eigenvalue weighted by atomic mass is 10.00. The highest BCUT2D eigenvalue weighted by molar-refractivity contribution is 6.33. The minimum absolute atomic E-state index is 0.0230. The Morgan fingerprint density at radius 3 is 2.75 bits per heavy atom. The zero-order valence-electron chi connectivity index (χ0n) is 16.4. The van der Waals surface area contributed by atoms with Gasteiger partial charge in [-0.15, -0.1) is 0 Å². The van der Waals surface area contributed by atoms with Gasteiger partial charge in [0.15, 0.2) is 18.1 Å². The molecule has 2 aromatic heterocycles. The van der Waals surface area contributed by atoms with E-state index in [2.05, 4.69) is 17.0 Å². The number of halogens is 1. The van der Waals surface area contributed by atoms with Gasteiger partial charge in [-0.25, -0.2) is 14.5 Å². The highest BCUT2D eigenvalue weighted by Crippen LogP contribution is 2.21. The summed E-state index contributed by atoms with van der Waals surface area (Å²) < 4.78 is 6.87. The average Bonchev–Trinajstić information content (AvgIpc) is 3.04. The van der Waals surface area contributed by atoms with Gasteiger partial charge in [0, 0.05) is 18.3 Å². The highest BCUT2D eigenvalue weighted by atomic mass is 35.5. The topological polar surface area (TPSA) is 77.3 Å². The van der Waals surface area contributed by atoms with Crippen molar-refractivity contribution in [1.29, 1.82) is 0 Å². The molecule has 2 aromatic rings. The van der Waals surface area contributed by atoms with Crippen LogP contribution in [0.3, 0.4) is 0 Å². The lowest BCUT2D eigenvalue weighted by molar-refractivity contribution is -0.138. The average molecular weight is 405 g/mol. The Morgan fingerprint density at radius 2 is 2.07 bits per heavy atom. The molecule has 1 atom stereocenters. The van der Waals surface area contributed by atoms with Crippen LogP contribution in [-0.2, 0) is 9.53 Å². The summed E-state index contributed by atoms with van der Waals surface area (Å²) >= 11 is 6.14. The number of carbonyl (C=O) groups excluding carboxylic acids is 2. The van der Waals surface area contributed by atoms with Crippen LogP contribution < -0.4 is 0 Å². The fourth-order valence-corrected chi connectivity index (χ4v) is 3.77. The Balaban J connectivity index is 1.71. The van der Waals surface area contributed by atoms with Crippen molar-refractivity contribution >= 4 is 23.5 Å². The Morgan fingerprint density at radius 1 is 1.29 bits per heavy atom. The number of piperidine rings is 1. The molecular weight excluding hydrogens is 380 g/mol. The van der Waals surface area contributed by atoms with Crippen molar-refractivity contribution in [3.8, 4) is 5.82 Å². The van der Waals surface area contributed by atoms with Gasteiger partial charge in [0.25, 0.3) is 5.91 Å². The van der Waals surface area contributed by atoms with Crippen LogP contribution in [0.2, 0.25) is 5.02 Å². The molecule has 0 spiro atoms. The predicted octanol–water partition coefficient (Wildman–Crippen LogP) is 3.49. The van der Waals surface area contributed by atoms with E-state index >= 15 is 0 Å². The highest BCUT2D eigenvalue weighted by Gasteiger charge is 2.26. The van der Waals surface area contributed by atoms with E-state index in [1.54, 1.807) is 16.8 Å². The summed E-state index contributed by atoms with van der Waals surface area (Å²) in [7, 11) is 0. The van der Waals surface area contributed by atoms with E-state index in [0.29, 0.717) is 12.4 Å². The van der Waals surface area contributed by atoms with Gasteiger partial charge in [0.05, 0.1) is 10.7 Å². The standard InChI is InChI=1S/C20H25ClN4O3/c1-4-15-7-5-6-10-24(15)18(26)12-28-20(27)19-16(21)8-9-17(22-19)25-14(3)11-13(2)23-25/h8-9,11,15H,4-7,10,12H2,1-3H3. The number of hydrogen-bond donors (Lipinski definition) is 0. The first-order valence-electron chi connectivity index (χ1n) is 9.57. The molecule has 0 aliphatic carbocycles. The number of carbonyl (C=O) groups is 2. The minimum Gasteiger partial charge on any atom is -0.451 e. The number of aromatic nitrogens is 3. The number of esters is 1. The fourth-order valence-electron chi connectivity index (χ4n) is 3.59. The van der Waals surface area contributed by atoms with Crippen LogP contribution in [0.4, 0.5) is 0 Å². The first-order valence-corrected chi connectivity index (χ1v) is 9.95. The van der Waals surface area contributed by atoms with Gasteiger partial charge in [-0.3, -0.25) is 4.79 Å². The molecule has 3 heterocycles. The van der Waals surface area contributed by atoms with Crippen LogP contribution in [0.15, 0.2) is 18.2 Å². The Hall–Kier alpha value is -2.41. The van der Waals surface area contributed by atoms with Gasteiger partial charge in [0.1, 0.15) is 0 Å². The summed E-state index contributed by atoms with van der Waals surface area (Å²) in [5.74, 6) is -0.423. The number of nitrogens with zero attached hydrogens (tertiary/aromatic N) is 4. The van der Waals surface area contributed by atoms with Gasteiger partial charge in [0.2, 0.25) is 0 Å². The summed E-state index contributed by atoms with van der Waals surface area (Å²) in [6.07, 6.45) is 4.00. The SMILES string of the molecule is CCC1CCCCN1C(=O)COC(=O)c1nc(-n2nc(C)cc2C)ccc1Cl. The lowest BCUT2D eigenvalue weighted by Crippen LogP contribution is -2.45. The number of hydrogen-bond acceptors (Lipinski definition) is 5. The number of pyridine rings is 1. The Labute approximate surface area is 169 Å². The summed E-state index contributed by atoms with van der Waals surface area (Å²) in [6.45, 7) is 6.25. The zero-order chi connectivity index (χ0) is 20.3. The van der Waals surface area contributed by atoms with Crippen molar-refractivity contribution in [1.82, 2.24) is 19.7 Å². The van der Waals surface area contributed by atoms with Crippen LogP contribution in [0.5, 0.6) is 0 Å². The maximum atomic E-state index is 12.5. The molecule has 1 saturated heterocycles. The van der Waals surface area contributed by atoms with Gasteiger partial charge in [-0.2, -0.15) is 5.10 Å². The van der Waals surface area contributed by atoms with E-state index in [1.165, 1.54) is 0 Å². The molecule has 0 bridgehead atoms. The Bertz CT molecular complexity index is 880. The van der Waals surface area contributed by atoms with Crippen molar-refractivity contribution in [3.05, 3.63) is 40.3 Å². The third-order valence-corrected chi connectivity index (χ3v) is 5.30. The molecule has 1 unspecified atom stereocenters. The van der Waals surface area contributed by atoms with Crippen LogP contribution >= 0.6 is 11.6 Å². The van der Waals surface area contributed by atoms with Gasteiger partial charge < -0.3 is 9.64 Å². The molecule has 8 heteroatoms.